The average Bonchev–Trinajstić information content (AvgIpc) is 2.40. The first-order valence-electron chi connectivity index (χ1n) is 7.66. The van der Waals surface area contributed by atoms with Crippen LogP contribution in [0.1, 0.15) is 26.2 Å². The van der Waals surface area contributed by atoms with Crippen LogP contribution >= 0.6 is 0 Å². The van der Waals surface area contributed by atoms with Crippen LogP contribution in [0.2, 0.25) is 0 Å². The second-order valence-electron chi connectivity index (χ2n) is 5.85. The predicted octanol–water partition coefficient (Wildman–Crippen LogP) is -0.0363. The highest BCUT2D eigenvalue weighted by molar-refractivity contribution is 5.75. The minimum Gasteiger partial charge on any atom is -0.369 e. The van der Waals surface area contributed by atoms with E-state index >= 15 is 0 Å². The van der Waals surface area contributed by atoms with Crippen molar-refractivity contribution < 1.29 is 4.79 Å². The molecule has 0 atom stereocenters. The molecule has 2 N–H and O–H groups in total. The summed E-state index contributed by atoms with van der Waals surface area (Å²) in [6.45, 7) is 10.8. The molecule has 0 aromatic heterocycles. The van der Waals surface area contributed by atoms with Crippen LogP contribution in [-0.4, -0.2) is 79.0 Å². The lowest BCUT2D eigenvalue weighted by atomic mass is 10.0. The van der Waals surface area contributed by atoms with Gasteiger partial charge in [-0.1, -0.05) is 6.92 Å². The summed E-state index contributed by atoms with van der Waals surface area (Å²) in [7, 11) is 0. The first-order valence-corrected chi connectivity index (χ1v) is 7.66. The molecule has 0 bridgehead atoms. The van der Waals surface area contributed by atoms with Crippen molar-refractivity contribution >= 4 is 5.91 Å². The van der Waals surface area contributed by atoms with Gasteiger partial charge in [0, 0.05) is 45.3 Å². The van der Waals surface area contributed by atoms with Crippen molar-refractivity contribution in [1.29, 1.82) is 0 Å². The summed E-state index contributed by atoms with van der Waals surface area (Å²) in [4.78, 5) is 18.3. The van der Waals surface area contributed by atoms with E-state index in [-0.39, 0.29) is 5.91 Å². The van der Waals surface area contributed by atoms with Crippen LogP contribution in [-0.2, 0) is 4.79 Å². The Labute approximate surface area is 116 Å². The van der Waals surface area contributed by atoms with Gasteiger partial charge in [-0.2, -0.15) is 0 Å². The maximum Gasteiger partial charge on any atom is 0.231 e. The third-order valence-electron chi connectivity index (χ3n) is 4.40. The standard InChI is InChI=1S/C14H28N4O/c1-2-5-16-8-10-18(11-9-16)13-3-6-17(7-4-13)12-14(15)19/h13H,2-12H2,1H3,(H2,15,19). The molecule has 0 unspecified atom stereocenters. The zero-order valence-corrected chi connectivity index (χ0v) is 12.2. The Morgan fingerprint density at radius 3 is 2.21 bits per heavy atom. The Morgan fingerprint density at radius 1 is 1.05 bits per heavy atom. The molecule has 5 heteroatoms. The molecule has 0 radical (unpaired) electrons. The number of hydrogen-bond acceptors (Lipinski definition) is 4. The van der Waals surface area contributed by atoms with Crippen LogP contribution in [0.3, 0.4) is 0 Å². The number of carbonyl (C=O) groups is 1. The van der Waals surface area contributed by atoms with Crippen LogP contribution in [0, 0.1) is 0 Å². The van der Waals surface area contributed by atoms with E-state index in [1.807, 2.05) is 0 Å². The lowest BCUT2D eigenvalue weighted by Crippen LogP contribution is -2.53. The SMILES string of the molecule is CCCN1CCN(C2CCN(CC(N)=O)CC2)CC1. The van der Waals surface area contributed by atoms with Gasteiger partial charge in [-0.05, 0) is 25.8 Å². The van der Waals surface area contributed by atoms with E-state index in [0.29, 0.717) is 12.6 Å². The van der Waals surface area contributed by atoms with Gasteiger partial charge in [0.05, 0.1) is 6.54 Å². The van der Waals surface area contributed by atoms with Crippen molar-refractivity contribution in [2.75, 3.05) is 52.4 Å². The molecule has 0 aromatic rings. The number of hydrogen-bond donors (Lipinski definition) is 1. The topological polar surface area (TPSA) is 52.8 Å². The highest BCUT2D eigenvalue weighted by atomic mass is 16.1. The van der Waals surface area contributed by atoms with Crippen molar-refractivity contribution in [1.82, 2.24) is 14.7 Å². The Bertz CT molecular complexity index is 281. The lowest BCUT2D eigenvalue weighted by molar-refractivity contribution is -0.119. The molecule has 1 amide bonds. The van der Waals surface area contributed by atoms with Gasteiger partial charge in [0.25, 0.3) is 0 Å². The lowest BCUT2D eigenvalue weighted by Gasteiger charge is -2.42. The molecule has 110 valence electrons. The molecule has 2 aliphatic rings. The van der Waals surface area contributed by atoms with Gasteiger partial charge in [-0.25, -0.2) is 0 Å². The van der Waals surface area contributed by atoms with Crippen molar-refractivity contribution in [2.24, 2.45) is 5.73 Å². The highest BCUT2D eigenvalue weighted by Gasteiger charge is 2.27. The van der Waals surface area contributed by atoms with E-state index in [2.05, 4.69) is 21.6 Å². The third-order valence-corrected chi connectivity index (χ3v) is 4.40. The summed E-state index contributed by atoms with van der Waals surface area (Å²) >= 11 is 0. The fourth-order valence-corrected chi connectivity index (χ4v) is 3.33. The van der Waals surface area contributed by atoms with E-state index in [4.69, 9.17) is 5.73 Å². The minimum atomic E-state index is -0.202. The van der Waals surface area contributed by atoms with Gasteiger partial charge in [-0.15, -0.1) is 0 Å². The van der Waals surface area contributed by atoms with Gasteiger partial charge < -0.3 is 10.6 Å². The molecule has 2 heterocycles. The molecular weight excluding hydrogens is 240 g/mol. The summed E-state index contributed by atoms with van der Waals surface area (Å²) in [5.74, 6) is -0.202. The number of rotatable bonds is 5. The van der Waals surface area contributed by atoms with E-state index in [0.717, 1.165) is 13.1 Å². The van der Waals surface area contributed by atoms with E-state index in [9.17, 15) is 4.79 Å². The molecule has 0 saturated carbocycles. The number of amides is 1. The predicted molar refractivity (Wildman–Crippen MR) is 77.0 cm³/mol. The summed E-state index contributed by atoms with van der Waals surface area (Å²) in [5.41, 5.74) is 5.25. The van der Waals surface area contributed by atoms with Crippen LogP contribution in [0.5, 0.6) is 0 Å². The number of nitrogens with zero attached hydrogens (tertiary/aromatic N) is 3. The average molecular weight is 268 g/mol. The Hall–Kier alpha value is -0.650. The van der Waals surface area contributed by atoms with Crippen molar-refractivity contribution in [3.05, 3.63) is 0 Å². The van der Waals surface area contributed by atoms with Crippen LogP contribution in [0.4, 0.5) is 0 Å². The molecule has 0 aliphatic carbocycles. The Morgan fingerprint density at radius 2 is 1.68 bits per heavy atom. The van der Waals surface area contributed by atoms with Crippen LogP contribution in [0.15, 0.2) is 0 Å². The first kappa shape index (κ1) is 14.8. The van der Waals surface area contributed by atoms with Gasteiger partial charge in [0.15, 0.2) is 0 Å². The molecule has 5 nitrogen and oxygen atoms in total. The van der Waals surface area contributed by atoms with Crippen molar-refractivity contribution in [3.8, 4) is 0 Å². The van der Waals surface area contributed by atoms with Crippen molar-refractivity contribution in [3.63, 3.8) is 0 Å². The molecular formula is C14H28N4O. The number of likely N-dealkylation sites (tertiary alicyclic amines) is 1. The van der Waals surface area contributed by atoms with E-state index in [1.54, 1.807) is 0 Å². The molecule has 2 saturated heterocycles. The summed E-state index contributed by atoms with van der Waals surface area (Å²) in [6.07, 6.45) is 3.62. The second kappa shape index (κ2) is 7.22. The summed E-state index contributed by atoms with van der Waals surface area (Å²) in [6, 6.07) is 0.716. The van der Waals surface area contributed by atoms with Crippen LogP contribution < -0.4 is 5.73 Å². The zero-order valence-electron chi connectivity index (χ0n) is 12.2. The van der Waals surface area contributed by atoms with Gasteiger partial charge >= 0.3 is 0 Å². The van der Waals surface area contributed by atoms with Gasteiger partial charge in [0.1, 0.15) is 0 Å². The molecule has 0 spiro atoms. The molecule has 19 heavy (non-hydrogen) atoms. The van der Waals surface area contributed by atoms with Gasteiger partial charge in [-0.3, -0.25) is 14.6 Å². The molecule has 2 rings (SSSR count). The third kappa shape index (κ3) is 4.44. The quantitative estimate of drug-likeness (QED) is 0.760. The normalized spacial score (nSPS) is 24.7. The Kier molecular flexibility index (Phi) is 5.60. The fourth-order valence-electron chi connectivity index (χ4n) is 3.33. The molecule has 2 aliphatic heterocycles. The monoisotopic (exact) mass is 268 g/mol. The minimum absolute atomic E-state index is 0.202. The fraction of sp³-hybridized carbons (Fsp3) is 0.929. The summed E-state index contributed by atoms with van der Waals surface area (Å²) < 4.78 is 0. The van der Waals surface area contributed by atoms with Crippen LogP contribution in [0.25, 0.3) is 0 Å². The summed E-state index contributed by atoms with van der Waals surface area (Å²) in [5, 5.41) is 0. The smallest absolute Gasteiger partial charge is 0.231 e. The Balaban J connectivity index is 1.69. The number of piperidine rings is 1. The van der Waals surface area contributed by atoms with Gasteiger partial charge in [0.2, 0.25) is 5.91 Å². The maximum atomic E-state index is 10.9. The molecule has 0 aromatic carbocycles. The maximum absolute atomic E-state index is 10.9. The zero-order chi connectivity index (χ0) is 13.7. The van der Waals surface area contributed by atoms with E-state index in [1.165, 1.54) is 52.0 Å². The molecule has 2 fully saturated rings. The largest absolute Gasteiger partial charge is 0.369 e. The number of nitrogens with two attached hydrogens (primary N) is 1. The number of carbonyl (C=O) groups excluding carboxylic acids is 1. The highest BCUT2D eigenvalue weighted by Crippen LogP contribution is 2.18. The number of primary amides is 1. The van der Waals surface area contributed by atoms with Crippen molar-refractivity contribution in [2.45, 2.75) is 32.2 Å². The second-order valence-corrected chi connectivity index (χ2v) is 5.85. The number of piperazine rings is 1. The van der Waals surface area contributed by atoms with E-state index < -0.39 is 0 Å². The first-order chi connectivity index (χ1) is 9.19.